The normalized spacial score (nSPS) is 11.7. The number of hydrogen-bond acceptors (Lipinski definition) is 0. The molecule has 0 aliphatic heterocycles. The molecule has 302 valence electrons. The van der Waals surface area contributed by atoms with Gasteiger partial charge >= 0.3 is 0 Å². The Morgan fingerprint density at radius 3 is 1.25 bits per heavy atom. The van der Waals surface area contributed by atoms with Crippen LogP contribution in [0.1, 0.15) is 0 Å². The summed E-state index contributed by atoms with van der Waals surface area (Å²) in [5.41, 5.74) is 15.7. The molecule has 1 heteroatoms. The van der Waals surface area contributed by atoms with Gasteiger partial charge in [-0.05, 0) is 147 Å². The lowest BCUT2D eigenvalue weighted by atomic mass is 9.88. The van der Waals surface area contributed by atoms with Crippen LogP contribution in [-0.4, -0.2) is 4.57 Å². The summed E-state index contributed by atoms with van der Waals surface area (Å²) in [6, 6.07) is 91.6. The highest BCUT2D eigenvalue weighted by Crippen LogP contribution is 2.42. The molecule has 0 fully saturated rings. The van der Waals surface area contributed by atoms with Crippen LogP contribution in [0.25, 0.3) is 126 Å². The zero-order chi connectivity index (χ0) is 42.8. The second-order valence-corrected chi connectivity index (χ2v) is 17.2. The van der Waals surface area contributed by atoms with Crippen molar-refractivity contribution in [2.45, 2.75) is 0 Å². The lowest BCUT2D eigenvalue weighted by Gasteiger charge is -2.16. The molecule has 0 aliphatic rings. The molecule has 0 unspecified atom stereocenters. The first-order valence-corrected chi connectivity index (χ1v) is 22.5. The molecule has 13 rings (SSSR count). The van der Waals surface area contributed by atoms with Gasteiger partial charge in [-0.1, -0.05) is 200 Å². The second-order valence-electron chi connectivity index (χ2n) is 17.2. The third-order valence-corrected chi connectivity index (χ3v) is 13.6. The molecule has 0 aliphatic carbocycles. The van der Waals surface area contributed by atoms with E-state index in [1.165, 1.54) is 121 Å². The van der Waals surface area contributed by atoms with Crippen LogP contribution in [0, 0.1) is 0 Å². The van der Waals surface area contributed by atoms with Crippen LogP contribution in [-0.2, 0) is 0 Å². The number of nitrogens with zero attached hydrogens (tertiary/aromatic N) is 1. The number of para-hydroxylation sites is 2. The number of aromatic nitrogens is 1. The molecular weight excluding hydrogens is 783 g/mol. The third kappa shape index (κ3) is 6.16. The standard InChI is InChI=1S/C64H41N/c1-3-17-51-43(14-1)16-13-25-53(51)48-38-47(39-49(40-48)62-41-46-15-2-4-18-52(46)56-19-7-8-22-59(56)62)42-28-30-44(31-29-42)54-36-37-55(58-21-6-5-20-57(54)58)45-32-34-50(35-33-45)65-63-26-11-9-23-60(63)61-24-10-12-27-64(61)65/h1-41H. The first-order valence-electron chi connectivity index (χ1n) is 22.5. The molecule has 0 saturated heterocycles. The monoisotopic (exact) mass is 823 g/mol. The molecule has 0 saturated carbocycles. The molecular formula is C64H41N. The van der Waals surface area contributed by atoms with Crippen molar-refractivity contribution in [1.82, 2.24) is 4.57 Å². The number of hydrogen-bond donors (Lipinski definition) is 0. The van der Waals surface area contributed by atoms with Crippen molar-refractivity contribution in [2.75, 3.05) is 0 Å². The van der Waals surface area contributed by atoms with Crippen LogP contribution >= 0.6 is 0 Å². The number of benzene rings is 12. The number of rotatable bonds is 6. The molecule has 1 heterocycles. The lowest BCUT2D eigenvalue weighted by Crippen LogP contribution is -1.93. The van der Waals surface area contributed by atoms with Gasteiger partial charge in [-0.3, -0.25) is 0 Å². The summed E-state index contributed by atoms with van der Waals surface area (Å²) in [4.78, 5) is 0. The van der Waals surface area contributed by atoms with E-state index < -0.39 is 0 Å². The Labute approximate surface area is 377 Å². The highest BCUT2D eigenvalue weighted by Gasteiger charge is 2.16. The van der Waals surface area contributed by atoms with Crippen molar-refractivity contribution in [3.05, 3.63) is 249 Å². The fourth-order valence-electron chi connectivity index (χ4n) is 10.5. The molecule has 0 bridgehead atoms. The summed E-state index contributed by atoms with van der Waals surface area (Å²) in [6.45, 7) is 0. The fraction of sp³-hybridized carbons (Fsp3) is 0. The molecule has 65 heavy (non-hydrogen) atoms. The van der Waals surface area contributed by atoms with E-state index in [2.05, 4.69) is 253 Å². The molecule has 0 atom stereocenters. The second kappa shape index (κ2) is 15.1. The largest absolute Gasteiger partial charge is 0.309 e. The van der Waals surface area contributed by atoms with Gasteiger partial charge in [0, 0.05) is 16.5 Å². The quantitative estimate of drug-likeness (QED) is 0.147. The average Bonchev–Trinajstić information content (AvgIpc) is 3.72. The summed E-state index contributed by atoms with van der Waals surface area (Å²) in [7, 11) is 0. The van der Waals surface area contributed by atoms with Crippen LogP contribution < -0.4 is 0 Å². The van der Waals surface area contributed by atoms with Gasteiger partial charge in [0.1, 0.15) is 0 Å². The smallest absolute Gasteiger partial charge is 0.0541 e. The van der Waals surface area contributed by atoms with Crippen molar-refractivity contribution < 1.29 is 0 Å². The number of fused-ring (bicyclic) bond motifs is 8. The lowest BCUT2D eigenvalue weighted by molar-refractivity contribution is 1.18. The van der Waals surface area contributed by atoms with Gasteiger partial charge in [0.05, 0.1) is 11.0 Å². The van der Waals surface area contributed by atoms with Crippen LogP contribution in [0.2, 0.25) is 0 Å². The predicted molar refractivity (Wildman–Crippen MR) is 278 cm³/mol. The van der Waals surface area contributed by atoms with E-state index in [1.807, 2.05) is 0 Å². The minimum Gasteiger partial charge on any atom is -0.309 e. The molecule has 0 N–H and O–H groups in total. The van der Waals surface area contributed by atoms with Gasteiger partial charge in [0.15, 0.2) is 0 Å². The Balaban J connectivity index is 0.902. The fourth-order valence-corrected chi connectivity index (χ4v) is 10.5. The summed E-state index contributed by atoms with van der Waals surface area (Å²) in [5.74, 6) is 0. The van der Waals surface area contributed by atoms with Gasteiger partial charge in [-0.25, -0.2) is 0 Å². The van der Waals surface area contributed by atoms with Crippen molar-refractivity contribution in [3.8, 4) is 61.3 Å². The Kier molecular flexibility index (Phi) is 8.60. The van der Waals surface area contributed by atoms with Gasteiger partial charge in [0.2, 0.25) is 0 Å². The highest BCUT2D eigenvalue weighted by atomic mass is 15.0. The summed E-state index contributed by atoms with van der Waals surface area (Å²) >= 11 is 0. The third-order valence-electron chi connectivity index (χ3n) is 13.6. The van der Waals surface area contributed by atoms with Gasteiger partial charge < -0.3 is 4.57 Å². The van der Waals surface area contributed by atoms with E-state index in [0.29, 0.717) is 0 Å². The summed E-state index contributed by atoms with van der Waals surface area (Å²) < 4.78 is 2.38. The molecule has 0 spiro atoms. The van der Waals surface area contributed by atoms with Crippen molar-refractivity contribution >= 4 is 64.9 Å². The Morgan fingerprint density at radius 2 is 0.615 bits per heavy atom. The van der Waals surface area contributed by atoms with Crippen LogP contribution in [0.5, 0.6) is 0 Å². The zero-order valence-electron chi connectivity index (χ0n) is 35.6. The average molecular weight is 824 g/mol. The van der Waals surface area contributed by atoms with Crippen molar-refractivity contribution in [1.29, 1.82) is 0 Å². The maximum atomic E-state index is 2.39. The van der Waals surface area contributed by atoms with E-state index >= 15 is 0 Å². The van der Waals surface area contributed by atoms with Gasteiger partial charge in [0.25, 0.3) is 0 Å². The predicted octanol–water partition coefficient (Wildman–Crippen LogP) is 17.7. The first-order chi connectivity index (χ1) is 32.2. The first kappa shape index (κ1) is 37.1. The van der Waals surface area contributed by atoms with Crippen LogP contribution in [0.15, 0.2) is 249 Å². The highest BCUT2D eigenvalue weighted by molar-refractivity contribution is 6.14. The maximum Gasteiger partial charge on any atom is 0.0541 e. The minimum atomic E-state index is 1.16. The molecule has 1 nitrogen and oxygen atoms in total. The molecule has 13 aromatic rings. The summed E-state index contributed by atoms with van der Waals surface area (Å²) in [6.07, 6.45) is 0. The van der Waals surface area contributed by atoms with Crippen LogP contribution in [0.3, 0.4) is 0 Å². The van der Waals surface area contributed by atoms with E-state index in [9.17, 15) is 0 Å². The van der Waals surface area contributed by atoms with Crippen molar-refractivity contribution in [3.63, 3.8) is 0 Å². The van der Waals surface area contributed by atoms with E-state index in [0.717, 1.165) is 5.69 Å². The van der Waals surface area contributed by atoms with Crippen molar-refractivity contribution in [2.24, 2.45) is 0 Å². The SMILES string of the molecule is c1ccc2c(-c3cc(-c4ccc(-c5ccc(-c6ccc(-n7c8ccccc8c8ccccc87)cc6)c6ccccc56)cc4)cc(-c4cc5ccccc5c5ccccc45)c3)cccc2c1. The van der Waals surface area contributed by atoms with Gasteiger partial charge in [-0.15, -0.1) is 0 Å². The maximum absolute atomic E-state index is 2.39. The summed E-state index contributed by atoms with van der Waals surface area (Å²) in [5, 5.41) is 12.6. The van der Waals surface area contributed by atoms with Gasteiger partial charge in [-0.2, -0.15) is 0 Å². The topological polar surface area (TPSA) is 4.93 Å². The van der Waals surface area contributed by atoms with E-state index in [1.54, 1.807) is 0 Å². The molecule has 0 amide bonds. The minimum absolute atomic E-state index is 1.16. The molecule has 0 radical (unpaired) electrons. The van der Waals surface area contributed by atoms with E-state index in [-0.39, 0.29) is 0 Å². The van der Waals surface area contributed by atoms with Crippen LogP contribution in [0.4, 0.5) is 0 Å². The molecule has 12 aromatic carbocycles. The molecule has 1 aromatic heterocycles. The Hall–Kier alpha value is -8.52. The van der Waals surface area contributed by atoms with E-state index in [4.69, 9.17) is 0 Å². The Morgan fingerprint density at radius 1 is 0.200 bits per heavy atom. The zero-order valence-corrected chi connectivity index (χ0v) is 35.6. The Bertz CT molecular complexity index is 3920.